The molecule has 0 amide bonds. The molecule has 3 rings (SSSR count). The molecule has 0 radical (unpaired) electrons. The molecule has 0 aliphatic heterocycles. The number of ether oxygens (including phenoxy) is 1. The van der Waals surface area contributed by atoms with Crippen LogP contribution < -0.4 is 0 Å². The van der Waals surface area contributed by atoms with Crippen molar-refractivity contribution in [1.82, 2.24) is 0 Å². The second kappa shape index (κ2) is 3.70. The summed E-state index contributed by atoms with van der Waals surface area (Å²) in [6.07, 6.45) is 7.51. The van der Waals surface area contributed by atoms with Crippen molar-refractivity contribution in [2.24, 2.45) is 29.6 Å². The zero-order valence-corrected chi connectivity index (χ0v) is 10.1. The molecule has 3 aliphatic carbocycles. The van der Waals surface area contributed by atoms with Gasteiger partial charge in [0, 0.05) is 18.8 Å². The minimum atomic E-state index is -0.394. The summed E-state index contributed by atoms with van der Waals surface area (Å²) in [4.78, 5) is 11.1. The van der Waals surface area contributed by atoms with Crippen LogP contribution in [-0.2, 0) is 9.53 Å². The van der Waals surface area contributed by atoms with Gasteiger partial charge < -0.3 is 9.84 Å². The molecule has 0 aromatic carbocycles. The zero-order chi connectivity index (χ0) is 12.2. The summed E-state index contributed by atoms with van der Waals surface area (Å²) in [5.41, 5.74) is 0. The van der Waals surface area contributed by atoms with Gasteiger partial charge in [0.05, 0.1) is 6.10 Å². The first-order valence-electron chi connectivity index (χ1n) is 6.31. The van der Waals surface area contributed by atoms with Crippen molar-refractivity contribution in [3.8, 4) is 0 Å². The van der Waals surface area contributed by atoms with E-state index in [2.05, 4.69) is 19.1 Å². The van der Waals surface area contributed by atoms with E-state index in [-0.39, 0.29) is 23.9 Å². The molecule has 3 nitrogen and oxygen atoms in total. The Morgan fingerprint density at radius 1 is 1.12 bits per heavy atom. The molecule has 92 valence electrons. The lowest BCUT2D eigenvalue weighted by Crippen LogP contribution is -2.40. The number of aliphatic hydroxyl groups excluding tert-OH is 1. The minimum absolute atomic E-state index is 0.164. The fourth-order valence-corrected chi connectivity index (χ4v) is 3.91. The summed E-state index contributed by atoms with van der Waals surface area (Å²) in [5, 5.41) is 10.1. The SMILES string of the molecule is CC(=O)O[C@@H]1C=C[C@H](O)[C@@H]2C3C=CC3C(C)C21. The first-order chi connectivity index (χ1) is 8.09. The summed E-state index contributed by atoms with van der Waals surface area (Å²) in [6.45, 7) is 3.65. The Balaban J connectivity index is 1.90. The topological polar surface area (TPSA) is 46.5 Å². The molecule has 0 bridgehead atoms. The van der Waals surface area contributed by atoms with Crippen LogP contribution in [0.4, 0.5) is 0 Å². The van der Waals surface area contributed by atoms with Crippen molar-refractivity contribution in [2.75, 3.05) is 0 Å². The van der Waals surface area contributed by atoms with Gasteiger partial charge in [0.25, 0.3) is 0 Å². The number of hydrogen-bond acceptors (Lipinski definition) is 3. The fraction of sp³-hybridized carbons (Fsp3) is 0.643. The lowest BCUT2D eigenvalue weighted by molar-refractivity contribution is -0.149. The molecular weight excluding hydrogens is 216 g/mol. The van der Waals surface area contributed by atoms with Crippen LogP contribution in [0, 0.1) is 29.6 Å². The van der Waals surface area contributed by atoms with E-state index in [1.807, 2.05) is 6.08 Å². The van der Waals surface area contributed by atoms with Gasteiger partial charge in [0.15, 0.2) is 0 Å². The summed E-state index contributed by atoms with van der Waals surface area (Å²) in [7, 11) is 0. The molecular formula is C14H18O3. The maximum Gasteiger partial charge on any atom is 0.303 e. The number of hydrogen-bond donors (Lipinski definition) is 1. The number of fused-ring (bicyclic) bond motifs is 3. The van der Waals surface area contributed by atoms with Crippen molar-refractivity contribution in [1.29, 1.82) is 0 Å². The quantitative estimate of drug-likeness (QED) is 0.553. The normalized spacial score (nSPS) is 50.4. The van der Waals surface area contributed by atoms with Crippen molar-refractivity contribution in [2.45, 2.75) is 26.1 Å². The second-order valence-corrected chi connectivity index (χ2v) is 5.50. The predicted octanol–water partition coefficient (Wildman–Crippen LogP) is 1.53. The van der Waals surface area contributed by atoms with Crippen LogP contribution >= 0.6 is 0 Å². The van der Waals surface area contributed by atoms with E-state index in [0.717, 1.165) is 0 Å². The molecule has 7 atom stereocenters. The largest absolute Gasteiger partial charge is 0.458 e. The van der Waals surface area contributed by atoms with Crippen molar-refractivity contribution in [3.05, 3.63) is 24.3 Å². The standard InChI is InChI=1S/C14H18O3/c1-7-9-3-4-10(9)14-11(16)5-6-12(13(7)14)17-8(2)15/h3-7,9-14,16H,1-2H3/t7?,9?,10?,11-,12+,13?,14-/m0/s1. The van der Waals surface area contributed by atoms with Crippen LogP contribution in [0.25, 0.3) is 0 Å². The number of carbonyl (C=O) groups is 1. The molecule has 3 heteroatoms. The van der Waals surface area contributed by atoms with Gasteiger partial charge in [0.1, 0.15) is 6.10 Å². The summed E-state index contributed by atoms with van der Waals surface area (Å²) < 4.78 is 5.38. The Morgan fingerprint density at radius 3 is 2.41 bits per heavy atom. The molecule has 1 fully saturated rings. The highest BCUT2D eigenvalue weighted by molar-refractivity contribution is 5.66. The van der Waals surface area contributed by atoms with Gasteiger partial charge in [-0.25, -0.2) is 0 Å². The Kier molecular flexibility index (Phi) is 2.40. The smallest absolute Gasteiger partial charge is 0.303 e. The van der Waals surface area contributed by atoms with Crippen molar-refractivity contribution in [3.63, 3.8) is 0 Å². The zero-order valence-electron chi connectivity index (χ0n) is 10.1. The van der Waals surface area contributed by atoms with Gasteiger partial charge in [-0.2, -0.15) is 0 Å². The van der Waals surface area contributed by atoms with Gasteiger partial charge in [0.2, 0.25) is 0 Å². The van der Waals surface area contributed by atoms with E-state index < -0.39 is 6.10 Å². The third-order valence-corrected chi connectivity index (χ3v) is 4.68. The number of esters is 1. The first-order valence-corrected chi connectivity index (χ1v) is 6.31. The Hall–Kier alpha value is -1.09. The van der Waals surface area contributed by atoms with Crippen LogP contribution in [0.1, 0.15) is 13.8 Å². The summed E-state index contributed by atoms with van der Waals surface area (Å²) in [6, 6.07) is 0. The van der Waals surface area contributed by atoms with Gasteiger partial charge in [-0.1, -0.05) is 25.2 Å². The van der Waals surface area contributed by atoms with Crippen molar-refractivity contribution < 1.29 is 14.6 Å². The van der Waals surface area contributed by atoms with E-state index in [4.69, 9.17) is 4.74 Å². The van der Waals surface area contributed by atoms with Crippen LogP contribution in [0.2, 0.25) is 0 Å². The Morgan fingerprint density at radius 2 is 1.82 bits per heavy atom. The van der Waals surface area contributed by atoms with E-state index in [9.17, 15) is 9.90 Å². The third kappa shape index (κ3) is 1.48. The molecule has 0 spiro atoms. The number of allylic oxidation sites excluding steroid dienone is 2. The highest BCUT2D eigenvalue weighted by Gasteiger charge is 2.55. The van der Waals surface area contributed by atoms with E-state index in [0.29, 0.717) is 17.8 Å². The molecule has 17 heavy (non-hydrogen) atoms. The fourth-order valence-electron chi connectivity index (χ4n) is 3.91. The lowest BCUT2D eigenvalue weighted by atomic mass is 9.74. The number of rotatable bonds is 1. The molecule has 3 aliphatic rings. The van der Waals surface area contributed by atoms with Crippen LogP contribution in [0.15, 0.2) is 24.3 Å². The molecule has 4 unspecified atom stereocenters. The third-order valence-electron chi connectivity index (χ3n) is 4.68. The van der Waals surface area contributed by atoms with Gasteiger partial charge >= 0.3 is 5.97 Å². The van der Waals surface area contributed by atoms with E-state index in [1.54, 1.807) is 6.08 Å². The van der Waals surface area contributed by atoms with Crippen LogP contribution in [-0.4, -0.2) is 23.3 Å². The minimum Gasteiger partial charge on any atom is -0.458 e. The number of aliphatic hydroxyl groups is 1. The van der Waals surface area contributed by atoms with Gasteiger partial charge in [-0.3, -0.25) is 4.79 Å². The van der Waals surface area contributed by atoms with Crippen molar-refractivity contribution >= 4 is 5.97 Å². The molecule has 0 heterocycles. The number of carbonyl (C=O) groups excluding carboxylic acids is 1. The Bertz CT molecular complexity index is 398. The maximum absolute atomic E-state index is 11.1. The molecule has 0 saturated heterocycles. The van der Waals surface area contributed by atoms with Crippen LogP contribution in [0.3, 0.4) is 0 Å². The van der Waals surface area contributed by atoms with Gasteiger partial charge in [-0.05, 0) is 23.8 Å². The van der Waals surface area contributed by atoms with Gasteiger partial charge in [-0.15, -0.1) is 0 Å². The molecule has 0 aromatic rings. The molecule has 1 saturated carbocycles. The van der Waals surface area contributed by atoms with E-state index >= 15 is 0 Å². The molecule has 0 aromatic heterocycles. The average molecular weight is 234 g/mol. The van der Waals surface area contributed by atoms with Crippen LogP contribution in [0.5, 0.6) is 0 Å². The first kappa shape index (κ1) is 11.0. The average Bonchev–Trinajstić information content (AvgIpc) is 2.39. The predicted molar refractivity (Wildman–Crippen MR) is 63.0 cm³/mol. The summed E-state index contributed by atoms with van der Waals surface area (Å²) >= 11 is 0. The second-order valence-electron chi connectivity index (χ2n) is 5.50. The summed E-state index contributed by atoms with van der Waals surface area (Å²) in [5.74, 6) is 1.72. The Labute approximate surface area is 101 Å². The maximum atomic E-state index is 11.1. The van der Waals surface area contributed by atoms with E-state index in [1.165, 1.54) is 6.92 Å². The molecule has 1 N–H and O–H groups in total. The highest BCUT2D eigenvalue weighted by Crippen LogP contribution is 2.56. The lowest BCUT2D eigenvalue weighted by Gasteiger charge is -2.36. The monoisotopic (exact) mass is 234 g/mol. The highest BCUT2D eigenvalue weighted by atomic mass is 16.5.